The molecule has 0 radical (unpaired) electrons. The lowest BCUT2D eigenvalue weighted by atomic mass is 9.99. The molecule has 4 nitrogen and oxygen atoms in total. The van der Waals surface area contributed by atoms with Crippen LogP contribution in [0.1, 0.15) is 46.5 Å². The van der Waals surface area contributed by atoms with Gasteiger partial charge in [0.2, 0.25) is 0 Å². The molecule has 84 valence electrons. The smallest absolute Gasteiger partial charge is 0.254 e. The van der Waals surface area contributed by atoms with Crippen LogP contribution in [0.15, 0.2) is 4.99 Å². The average Bonchev–Trinajstić information content (AvgIpc) is 2.60. The van der Waals surface area contributed by atoms with Crippen molar-refractivity contribution in [2.24, 2.45) is 4.99 Å². The first-order valence-corrected chi connectivity index (χ1v) is 5.61. The van der Waals surface area contributed by atoms with Gasteiger partial charge in [0.15, 0.2) is 5.96 Å². The summed E-state index contributed by atoms with van der Waals surface area (Å²) in [6, 6.07) is 0. The van der Waals surface area contributed by atoms with Crippen molar-refractivity contribution in [3.63, 3.8) is 0 Å². The number of guanidine groups is 1. The molecule has 1 fully saturated rings. The van der Waals surface area contributed by atoms with Crippen molar-refractivity contribution in [3.05, 3.63) is 0 Å². The largest absolute Gasteiger partial charge is 0.351 e. The van der Waals surface area contributed by atoms with E-state index in [-0.39, 0.29) is 11.4 Å². The van der Waals surface area contributed by atoms with Gasteiger partial charge in [-0.1, -0.05) is 12.8 Å². The van der Waals surface area contributed by atoms with E-state index < -0.39 is 5.54 Å². The van der Waals surface area contributed by atoms with Crippen molar-refractivity contribution in [1.82, 2.24) is 10.6 Å². The van der Waals surface area contributed by atoms with Gasteiger partial charge in [-0.15, -0.1) is 0 Å². The number of carbonyl (C=O) groups excluding carboxylic acids is 1. The van der Waals surface area contributed by atoms with E-state index in [2.05, 4.69) is 36.4 Å². The molecule has 1 saturated carbocycles. The quantitative estimate of drug-likeness (QED) is 0.629. The standard InChI is InChI=1S/C11H19N3O/c1-10(2,3)13-9-12-8(15)11(14-9)6-4-5-7-11/h4-7H2,1-3H3,(H2,12,13,14,15). The fourth-order valence-electron chi connectivity index (χ4n) is 2.23. The van der Waals surface area contributed by atoms with Crippen LogP contribution < -0.4 is 10.6 Å². The third-order valence-corrected chi connectivity index (χ3v) is 2.90. The third kappa shape index (κ3) is 1.98. The Morgan fingerprint density at radius 2 is 1.93 bits per heavy atom. The maximum absolute atomic E-state index is 11.8. The molecule has 0 aromatic heterocycles. The minimum Gasteiger partial charge on any atom is -0.351 e. The number of amides is 1. The van der Waals surface area contributed by atoms with Crippen molar-refractivity contribution < 1.29 is 4.79 Å². The fraction of sp³-hybridized carbons (Fsp3) is 0.818. The molecule has 0 aromatic rings. The zero-order valence-corrected chi connectivity index (χ0v) is 9.68. The predicted octanol–water partition coefficient (Wildman–Crippen LogP) is 1.17. The van der Waals surface area contributed by atoms with Gasteiger partial charge in [-0.25, -0.2) is 4.99 Å². The summed E-state index contributed by atoms with van der Waals surface area (Å²) in [6.07, 6.45) is 4.02. The third-order valence-electron chi connectivity index (χ3n) is 2.90. The van der Waals surface area contributed by atoms with Crippen LogP contribution in [0.4, 0.5) is 0 Å². The SMILES string of the molecule is CC(C)(C)NC1=NC2(CCCC2)C(=O)N1. The summed E-state index contributed by atoms with van der Waals surface area (Å²) < 4.78 is 0. The van der Waals surface area contributed by atoms with Gasteiger partial charge in [-0.2, -0.15) is 0 Å². The van der Waals surface area contributed by atoms with E-state index in [9.17, 15) is 4.79 Å². The average molecular weight is 209 g/mol. The van der Waals surface area contributed by atoms with Gasteiger partial charge in [-0.05, 0) is 33.6 Å². The molecule has 0 aromatic carbocycles. The van der Waals surface area contributed by atoms with Gasteiger partial charge < -0.3 is 5.32 Å². The number of nitrogens with zero attached hydrogens (tertiary/aromatic N) is 1. The first-order valence-electron chi connectivity index (χ1n) is 5.61. The second-order valence-electron chi connectivity index (χ2n) is 5.53. The highest BCUT2D eigenvalue weighted by Crippen LogP contribution is 2.35. The number of nitrogens with one attached hydrogen (secondary N) is 2. The van der Waals surface area contributed by atoms with E-state index in [1.807, 2.05) is 0 Å². The van der Waals surface area contributed by atoms with Gasteiger partial charge in [0.25, 0.3) is 5.91 Å². The molecular weight excluding hydrogens is 190 g/mol. The minimum atomic E-state index is -0.437. The molecule has 2 aliphatic rings. The van der Waals surface area contributed by atoms with E-state index >= 15 is 0 Å². The fourth-order valence-corrected chi connectivity index (χ4v) is 2.23. The molecule has 1 aliphatic carbocycles. The number of rotatable bonds is 0. The Hall–Kier alpha value is -1.06. The second kappa shape index (κ2) is 3.22. The van der Waals surface area contributed by atoms with E-state index in [1.165, 1.54) is 0 Å². The number of hydrogen-bond donors (Lipinski definition) is 2. The van der Waals surface area contributed by atoms with Gasteiger partial charge in [0.05, 0.1) is 0 Å². The number of hydrogen-bond acceptors (Lipinski definition) is 3. The Labute approximate surface area is 90.5 Å². The molecule has 1 amide bonds. The Morgan fingerprint density at radius 1 is 1.33 bits per heavy atom. The molecule has 0 atom stereocenters. The summed E-state index contributed by atoms with van der Waals surface area (Å²) in [7, 11) is 0. The van der Waals surface area contributed by atoms with Gasteiger partial charge in [-0.3, -0.25) is 10.1 Å². The summed E-state index contributed by atoms with van der Waals surface area (Å²) in [5.41, 5.74) is -0.496. The highest BCUT2D eigenvalue weighted by atomic mass is 16.2. The maximum atomic E-state index is 11.8. The Morgan fingerprint density at radius 3 is 2.47 bits per heavy atom. The topological polar surface area (TPSA) is 53.5 Å². The first kappa shape index (κ1) is 10.5. The van der Waals surface area contributed by atoms with Crippen molar-refractivity contribution in [2.45, 2.75) is 57.5 Å². The molecule has 15 heavy (non-hydrogen) atoms. The van der Waals surface area contributed by atoms with Crippen LogP contribution in [0.25, 0.3) is 0 Å². The van der Waals surface area contributed by atoms with Crippen LogP contribution in [0, 0.1) is 0 Å². The summed E-state index contributed by atoms with van der Waals surface area (Å²) >= 11 is 0. The zero-order chi connectivity index (χ0) is 11.1. The molecule has 0 unspecified atom stereocenters. The van der Waals surface area contributed by atoms with Crippen molar-refractivity contribution in [1.29, 1.82) is 0 Å². The predicted molar refractivity (Wildman–Crippen MR) is 59.7 cm³/mol. The van der Waals surface area contributed by atoms with Crippen LogP contribution in [0.3, 0.4) is 0 Å². The number of aliphatic imine (C=N–C) groups is 1. The normalized spacial score (nSPS) is 24.2. The highest BCUT2D eigenvalue weighted by molar-refractivity contribution is 6.07. The van der Waals surface area contributed by atoms with Crippen LogP contribution in [-0.2, 0) is 4.79 Å². The summed E-state index contributed by atoms with van der Waals surface area (Å²) in [5.74, 6) is 0.723. The van der Waals surface area contributed by atoms with Gasteiger partial charge in [0.1, 0.15) is 5.54 Å². The number of carbonyl (C=O) groups is 1. The van der Waals surface area contributed by atoms with E-state index in [1.54, 1.807) is 0 Å². The van der Waals surface area contributed by atoms with Crippen molar-refractivity contribution in [3.8, 4) is 0 Å². The molecule has 0 bridgehead atoms. The molecule has 1 heterocycles. The van der Waals surface area contributed by atoms with Gasteiger partial charge in [0, 0.05) is 5.54 Å². The summed E-state index contributed by atoms with van der Waals surface area (Å²) in [6.45, 7) is 6.17. The van der Waals surface area contributed by atoms with Crippen molar-refractivity contribution in [2.75, 3.05) is 0 Å². The molecular formula is C11H19N3O. The van der Waals surface area contributed by atoms with Crippen LogP contribution in [-0.4, -0.2) is 22.9 Å². The van der Waals surface area contributed by atoms with E-state index in [0.29, 0.717) is 5.96 Å². The lowest BCUT2D eigenvalue weighted by Crippen LogP contribution is -2.47. The molecule has 2 rings (SSSR count). The highest BCUT2D eigenvalue weighted by Gasteiger charge is 2.45. The van der Waals surface area contributed by atoms with E-state index in [0.717, 1.165) is 25.7 Å². The summed E-state index contributed by atoms with van der Waals surface area (Å²) in [5, 5.41) is 6.06. The Kier molecular flexibility index (Phi) is 2.24. The maximum Gasteiger partial charge on any atom is 0.254 e. The molecule has 2 N–H and O–H groups in total. The Bertz CT molecular complexity index is 308. The zero-order valence-electron chi connectivity index (χ0n) is 9.68. The Balaban J connectivity index is 2.13. The first-order chi connectivity index (χ1) is 6.91. The second-order valence-corrected chi connectivity index (χ2v) is 5.53. The monoisotopic (exact) mass is 209 g/mol. The molecule has 4 heteroatoms. The lowest BCUT2D eigenvalue weighted by Gasteiger charge is -2.21. The lowest BCUT2D eigenvalue weighted by molar-refractivity contribution is -0.123. The van der Waals surface area contributed by atoms with Crippen LogP contribution >= 0.6 is 0 Å². The van der Waals surface area contributed by atoms with Crippen LogP contribution in [0.5, 0.6) is 0 Å². The van der Waals surface area contributed by atoms with Crippen molar-refractivity contribution >= 4 is 11.9 Å². The molecule has 1 aliphatic heterocycles. The van der Waals surface area contributed by atoms with E-state index in [4.69, 9.17) is 0 Å². The van der Waals surface area contributed by atoms with Crippen LogP contribution in [0.2, 0.25) is 0 Å². The van der Waals surface area contributed by atoms with Gasteiger partial charge >= 0.3 is 0 Å². The molecule has 1 spiro atoms. The minimum absolute atomic E-state index is 0.0593. The summed E-state index contributed by atoms with van der Waals surface area (Å²) in [4.78, 5) is 16.4. The molecule has 0 saturated heterocycles.